The number of hydrogen-bond donors (Lipinski definition) is 1. The van der Waals surface area contributed by atoms with Gasteiger partial charge in [0.1, 0.15) is 0 Å². The van der Waals surface area contributed by atoms with Gasteiger partial charge in [0.05, 0.1) is 6.61 Å². The Morgan fingerprint density at radius 3 is 1.96 bits per heavy atom. The van der Waals surface area contributed by atoms with Crippen LogP contribution in [0.3, 0.4) is 0 Å². The number of hydrogen-bond acceptors (Lipinski definition) is 3. The standard InChI is InChI=1S/C13H16F6O4/c14-11(15,9(20)21)13(18,19)12(16,17)10(22)23-7-6-8-4-2-1-3-5-8/h8H,1-7H2,(H,20,21). The minimum Gasteiger partial charge on any atom is -0.477 e. The number of carbonyl (C=O) groups is 2. The van der Waals surface area contributed by atoms with Crippen LogP contribution in [0, 0.1) is 5.92 Å². The molecule has 0 heterocycles. The molecule has 1 saturated carbocycles. The molecule has 0 spiro atoms. The van der Waals surface area contributed by atoms with Crippen LogP contribution in [-0.2, 0) is 14.3 Å². The van der Waals surface area contributed by atoms with Gasteiger partial charge in [0.25, 0.3) is 0 Å². The Bertz CT molecular complexity index is 446. The lowest BCUT2D eigenvalue weighted by atomic mass is 9.87. The second-order valence-electron chi connectivity index (χ2n) is 5.46. The summed E-state index contributed by atoms with van der Waals surface area (Å²) in [5, 5.41) is 7.95. The van der Waals surface area contributed by atoms with Crippen molar-refractivity contribution in [3.05, 3.63) is 0 Å². The molecule has 0 radical (unpaired) electrons. The van der Waals surface area contributed by atoms with Gasteiger partial charge in [0.15, 0.2) is 0 Å². The molecular formula is C13H16F6O4. The lowest BCUT2D eigenvalue weighted by Crippen LogP contribution is -2.61. The predicted octanol–water partition coefficient (Wildman–Crippen LogP) is 3.49. The highest BCUT2D eigenvalue weighted by Crippen LogP contribution is 2.46. The fourth-order valence-electron chi connectivity index (χ4n) is 2.34. The first kappa shape index (κ1) is 19.6. The first-order valence-corrected chi connectivity index (χ1v) is 6.98. The number of esters is 1. The summed E-state index contributed by atoms with van der Waals surface area (Å²) in [7, 11) is 0. The van der Waals surface area contributed by atoms with Crippen LogP contribution in [0.4, 0.5) is 26.3 Å². The molecule has 0 aliphatic heterocycles. The zero-order chi connectivity index (χ0) is 17.9. The van der Waals surface area contributed by atoms with Crippen LogP contribution in [0.1, 0.15) is 38.5 Å². The Hall–Kier alpha value is -1.48. The third-order valence-corrected chi connectivity index (χ3v) is 3.80. The molecule has 134 valence electrons. The Morgan fingerprint density at radius 1 is 0.957 bits per heavy atom. The van der Waals surface area contributed by atoms with Gasteiger partial charge in [0.2, 0.25) is 0 Å². The molecule has 1 N–H and O–H groups in total. The highest BCUT2D eigenvalue weighted by molar-refractivity contribution is 5.83. The van der Waals surface area contributed by atoms with Gasteiger partial charge in [-0.3, -0.25) is 0 Å². The number of alkyl halides is 6. The van der Waals surface area contributed by atoms with Crippen molar-refractivity contribution in [3.8, 4) is 0 Å². The largest absolute Gasteiger partial charge is 0.477 e. The third-order valence-electron chi connectivity index (χ3n) is 3.80. The highest BCUT2D eigenvalue weighted by Gasteiger charge is 2.79. The van der Waals surface area contributed by atoms with E-state index in [1.54, 1.807) is 0 Å². The second kappa shape index (κ2) is 6.96. The Kier molecular flexibility index (Phi) is 5.92. The van der Waals surface area contributed by atoms with Crippen LogP contribution in [0.25, 0.3) is 0 Å². The van der Waals surface area contributed by atoms with Crippen molar-refractivity contribution in [1.82, 2.24) is 0 Å². The summed E-state index contributed by atoms with van der Waals surface area (Å²) in [4.78, 5) is 21.1. The van der Waals surface area contributed by atoms with Crippen LogP contribution in [0.15, 0.2) is 0 Å². The third kappa shape index (κ3) is 3.89. The summed E-state index contributed by atoms with van der Waals surface area (Å²) >= 11 is 0. The summed E-state index contributed by atoms with van der Waals surface area (Å²) in [5.41, 5.74) is 0. The van der Waals surface area contributed by atoms with Crippen LogP contribution < -0.4 is 0 Å². The minimum absolute atomic E-state index is 0.0890. The van der Waals surface area contributed by atoms with Gasteiger partial charge >= 0.3 is 29.7 Å². The maximum absolute atomic E-state index is 13.2. The lowest BCUT2D eigenvalue weighted by Gasteiger charge is -2.29. The molecule has 23 heavy (non-hydrogen) atoms. The maximum Gasteiger partial charge on any atom is 0.411 e. The number of rotatable bonds is 7. The van der Waals surface area contributed by atoms with E-state index in [1.165, 1.54) is 0 Å². The molecule has 0 amide bonds. The topological polar surface area (TPSA) is 63.6 Å². The smallest absolute Gasteiger partial charge is 0.411 e. The molecular weight excluding hydrogens is 334 g/mol. The molecule has 1 rings (SSSR count). The van der Waals surface area contributed by atoms with Gasteiger partial charge in [-0.05, 0) is 12.3 Å². The summed E-state index contributed by atoms with van der Waals surface area (Å²) in [6.07, 6.45) is 4.56. The summed E-state index contributed by atoms with van der Waals surface area (Å²) < 4.78 is 82.1. The van der Waals surface area contributed by atoms with Crippen molar-refractivity contribution in [2.24, 2.45) is 5.92 Å². The zero-order valence-electron chi connectivity index (χ0n) is 12.0. The monoisotopic (exact) mass is 350 g/mol. The van der Waals surface area contributed by atoms with Gasteiger partial charge in [-0.15, -0.1) is 0 Å². The number of ether oxygens (including phenoxy) is 1. The summed E-state index contributed by atoms with van der Waals surface area (Å²) in [5.74, 6) is -24.7. The molecule has 1 aliphatic rings. The molecule has 0 aromatic carbocycles. The fraction of sp³-hybridized carbons (Fsp3) is 0.846. The first-order valence-electron chi connectivity index (χ1n) is 6.98. The van der Waals surface area contributed by atoms with Gasteiger partial charge in [-0.25, -0.2) is 9.59 Å². The fourth-order valence-corrected chi connectivity index (χ4v) is 2.34. The van der Waals surface area contributed by atoms with E-state index >= 15 is 0 Å². The second-order valence-corrected chi connectivity index (χ2v) is 5.46. The quantitative estimate of drug-likeness (QED) is 0.564. The van der Waals surface area contributed by atoms with E-state index in [1.807, 2.05) is 0 Å². The molecule has 4 nitrogen and oxygen atoms in total. The zero-order valence-corrected chi connectivity index (χ0v) is 12.0. The van der Waals surface area contributed by atoms with Crippen molar-refractivity contribution >= 4 is 11.9 Å². The Morgan fingerprint density at radius 2 is 1.48 bits per heavy atom. The highest BCUT2D eigenvalue weighted by atomic mass is 19.3. The van der Waals surface area contributed by atoms with Crippen molar-refractivity contribution in [2.45, 2.75) is 56.3 Å². The molecule has 0 saturated heterocycles. The van der Waals surface area contributed by atoms with E-state index in [2.05, 4.69) is 4.74 Å². The average molecular weight is 350 g/mol. The van der Waals surface area contributed by atoms with E-state index < -0.39 is 36.3 Å². The van der Waals surface area contributed by atoms with Crippen LogP contribution in [0.2, 0.25) is 0 Å². The van der Waals surface area contributed by atoms with Crippen molar-refractivity contribution < 1.29 is 45.8 Å². The molecule has 0 bridgehead atoms. The number of carboxylic acids is 1. The first-order chi connectivity index (χ1) is 10.4. The van der Waals surface area contributed by atoms with E-state index in [0.717, 1.165) is 32.1 Å². The van der Waals surface area contributed by atoms with Gasteiger partial charge in [0, 0.05) is 0 Å². The Labute approximate surface area is 127 Å². The van der Waals surface area contributed by atoms with E-state index in [9.17, 15) is 35.9 Å². The van der Waals surface area contributed by atoms with Gasteiger partial charge < -0.3 is 9.84 Å². The minimum atomic E-state index is -6.41. The predicted molar refractivity (Wildman–Crippen MR) is 64.6 cm³/mol. The molecule has 1 aliphatic carbocycles. The number of carbonyl (C=O) groups excluding carboxylic acids is 1. The normalized spacial score (nSPS) is 17.8. The van der Waals surface area contributed by atoms with Crippen molar-refractivity contribution in [3.63, 3.8) is 0 Å². The lowest BCUT2D eigenvalue weighted by molar-refractivity contribution is -0.299. The number of aliphatic carboxylic acids is 1. The van der Waals surface area contributed by atoms with Gasteiger partial charge in [-0.1, -0.05) is 32.1 Å². The molecule has 10 heteroatoms. The van der Waals surface area contributed by atoms with Crippen molar-refractivity contribution in [2.75, 3.05) is 6.61 Å². The van der Waals surface area contributed by atoms with Crippen LogP contribution >= 0.6 is 0 Å². The Balaban J connectivity index is 2.66. The van der Waals surface area contributed by atoms with Gasteiger partial charge in [-0.2, -0.15) is 26.3 Å². The van der Waals surface area contributed by atoms with Crippen molar-refractivity contribution in [1.29, 1.82) is 0 Å². The summed E-state index contributed by atoms with van der Waals surface area (Å²) in [6, 6.07) is 0. The van der Waals surface area contributed by atoms with E-state index in [-0.39, 0.29) is 12.3 Å². The maximum atomic E-state index is 13.2. The molecule has 0 atom stereocenters. The molecule has 0 aromatic rings. The number of halogens is 6. The van der Waals surface area contributed by atoms with E-state index in [4.69, 9.17) is 5.11 Å². The van der Waals surface area contributed by atoms with Crippen LogP contribution in [0.5, 0.6) is 0 Å². The number of carboxylic acid groups (broad SMARTS) is 1. The molecule has 0 unspecified atom stereocenters. The SMILES string of the molecule is O=C(O)C(F)(F)C(F)(F)C(F)(F)C(=O)OCCC1CCCCC1. The molecule has 0 aromatic heterocycles. The average Bonchev–Trinajstić information content (AvgIpc) is 2.47. The van der Waals surface area contributed by atoms with E-state index in [0.29, 0.717) is 0 Å². The molecule has 1 fully saturated rings. The van der Waals surface area contributed by atoms with Crippen LogP contribution in [-0.4, -0.2) is 41.4 Å². The summed E-state index contributed by atoms with van der Waals surface area (Å²) in [6.45, 7) is -0.617.